The van der Waals surface area contributed by atoms with E-state index in [1.54, 1.807) is 11.5 Å². The fraction of sp³-hybridized carbons (Fsp3) is 0.125. The lowest BCUT2D eigenvalue weighted by Crippen LogP contribution is -2.15. The first-order valence-corrected chi connectivity index (χ1v) is 7.69. The van der Waals surface area contributed by atoms with Crippen molar-refractivity contribution in [2.24, 2.45) is 0 Å². The van der Waals surface area contributed by atoms with Gasteiger partial charge in [-0.25, -0.2) is 4.98 Å². The van der Waals surface area contributed by atoms with Gasteiger partial charge in [0.15, 0.2) is 17.4 Å². The number of rotatable bonds is 3. The average Bonchev–Trinajstić information content (AvgIpc) is 2.94. The van der Waals surface area contributed by atoms with Crippen molar-refractivity contribution >= 4 is 39.7 Å². The molecule has 2 aromatic rings. The Morgan fingerprint density at radius 3 is 3.14 bits per heavy atom. The van der Waals surface area contributed by atoms with Crippen LogP contribution in [0.15, 0.2) is 29.7 Å². The molecule has 6 heteroatoms. The van der Waals surface area contributed by atoms with Gasteiger partial charge in [-0.2, -0.15) is 0 Å². The Hall–Kier alpha value is -2.69. The number of thiazole rings is 1. The summed E-state index contributed by atoms with van der Waals surface area (Å²) in [5.74, 6) is -0.196. The number of carbonyl (C=O) groups excluding carboxylic acids is 1. The van der Waals surface area contributed by atoms with Crippen molar-refractivity contribution in [3.05, 3.63) is 52.7 Å². The quantitative estimate of drug-likeness (QED) is 0.601. The first-order chi connectivity index (χ1) is 10.7. The van der Waals surface area contributed by atoms with Crippen LogP contribution in [0.3, 0.4) is 0 Å². The molecule has 0 radical (unpaired) electrons. The maximum absolute atomic E-state index is 12.4. The molecule has 22 heavy (non-hydrogen) atoms. The molecule has 1 aromatic carbocycles. The number of nitrogens with one attached hydrogen (secondary N) is 2. The first-order valence-electron chi connectivity index (χ1n) is 6.81. The summed E-state index contributed by atoms with van der Waals surface area (Å²) in [6.07, 6.45) is 6.59. The monoisotopic (exact) mass is 311 g/mol. The highest BCUT2D eigenvalue weighted by molar-refractivity contribution is 7.13. The van der Waals surface area contributed by atoms with Crippen LogP contribution in [0.1, 0.15) is 23.7 Å². The SMILES string of the molecule is C/C=C(\C(=O)Nc1ccc2c(c1)CN[C+]=C2)c1csc(N)n1. The van der Waals surface area contributed by atoms with E-state index in [0.29, 0.717) is 22.9 Å². The third kappa shape index (κ3) is 2.83. The summed E-state index contributed by atoms with van der Waals surface area (Å²) in [5, 5.41) is 8.17. The lowest BCUT2D eigenvalue weighted by Gasteiger charge is -2.09. The standard InChI is InChI=1S/C16H14N4OS/c1-2-13(14-9-22-16(17)20-14)15(21)19-12-4-3-10-5-6-18-8-11(10)7-12/h2-5,7,9,18H,8H2,1H3,(H2-,17,19,20,21)/p+1/b13-2-. The average molecular weight is 311 g/mol. The van der Waals surface area contributed by atoms with Crippen molar-refractivity contribution < 1.29 is 4.79 Å². The Labute approximate surface area is 132 Å². The number of allylic oxidation sites excluding steroid dienone is 1. The fourth-order valence-corrected chi connectivity index (χ4v) is 2.82. The Balaban J connectivity index is 1.80. The normalized spacial score (nSPS) is 13.0. The third-order valence-electron chi connectivity index (χ3n) is 3.34. The van der Waals surface area contributed by atoms with Crippen LogP contribution in [0.25, 0.3) is 11.6 Å². The molecule has 1 aliphatic rings. The van der Waals surface area contributed by atoms with Crippen LogP contribution in [0.5, 0.6) is 0 Å². The van der Waals surface area contributed by atoms with E-state index in [-0.39, 0.29) is 5.91 Å². The van der Waals surface area contributed by atoms with Crippen molar-refractivity contribution in [3.63, 3.8) is 0 Å². The van der Waals surface area contributed by atoms with Gasteiger partial charge in [-0.05, 0) is 19.1 Å². The van der Waals surface area contributed by atoms with Gasteiger partial charge < -0.3 is 11.1 Å². The van der Waals surface area contributed by atoms with Gasteiger partial charge in [0.05, 0.1) is 23.4 Å². The van der Waals surface area contributed by atoms with Crippen LogP contribution < -0.4 is 16.4 Å². The summed E-state index contributed by atoms with van der Waals surface area (Å²) in [4.78, 5) is 16.6. The molecule has 0 unspecified atom stereocenters. The minimum atomic E-state index is -0.196. The van der Waals surface area contributed by atoms with Crippen molar-refractivity contribution in [1.82, 2.24) is 10.3 Å². The van der Waals surface area contributed by atoms with Crippen LogP contribution in [0.4, 0.5) is 10.8 Å². The topological polar surface area (TPSA) is 80.0 Å². The van der Waals surface area contributed by atoms with E-state index in [4.69, 9.17) is 5.73 Å². The lowest BCUT2D eigenvalue weighted by atomic mass is 10.0. The third-order valence-corrected chi connectivity index (χ3v) is 4.01. The van der Waals surface area contributed by atoms with Crippen LogP contribution in [0.2, 0.25) is 0 Å². The summed E-state index contributed by atoms with van der Waals surface area (Å²) in [6, 6.07) is 5.80. The molecule has 1 aliphatic heterocycles. The molecule has 0 saturated carbocycles. The largest absolute Gasteiger partial charge is 0.375 e. The molecule has 2 heterocycles. The van der Waals surface area contributed by atoms with Crippen LogP contribution in [-0.4, -0.2) is 10.9 Å². The predicted octanol–water partition coefficient (Wildman–Crippen LogP) is 2.64. The Bertz CT molecular complexity index is 776. The summed E-state index contributed by atoms with van der Waals surface area (Å²) in [7, 11) is 0. The molecule has 5 nitrogen and oxygen atoms in total. The summed E-state index contributed by atoms with van der Waals surface area (Å²) < 4.78 is 0. The maximum atomic E-state index is 12.4. The predicted molar refractivity (Wildman–Crippen MR) is 89.8 cm³/mol. The molecule has 110 valence electrons. The molecule has 0 atom stereocenters. The van der Waals surface area contributed by atoms with E-state index in [9.17, 15) is 4.79 Å². The van der Waals surface area contributed by atoms with Crippen LogP contribution in [0, 0.1) is 6.20 Å². The Morgan fingerprint density at radius 1 is 1.55 bits per heavy atom. The van der Waals surface area contributed by atoms with Crippen molar-refractivity contribution in [2.75, 3.05) is 11.1 Å². The van der Waals surface area contributed by atoms with E-state index < -0.39 is 0 Å². The van der Waals surface area contributed by atoms with E-state index in [0.717, 1.165) is 16.8 Å². The summed E-state index contributed by atoms with van der Waals surface area (Å²) in [5.41, 5.74) is 9.72. The molecule has 4 N–H and O–H groups in total. The second-order valence-electron chi connectivity index (χ2n) is 4.78. The highest BCUT2D eigenvalue weighted by Crippen LogP contribution is 2.23. The zero-order valence-corrected chi connectivity index (χ0v) is 12.8. The van der Waals surface area contributed by atoms with E-state index in [1.807, 2.05) is 31.2 Å². The van der Waals surface area contributed by atoms with Crippen LogP contribution in [-0.2, 0) is 11.3 Å². The number of hydrogen-bond donors (Lipinski definition) is 3. The van der Waals surface area contributed by atoms with E-state index in [2.05, 4.69) is 21.8 Å². The minimum Gasteiger partial charge on any atom is -0.375 e. The van der Waals surface area contributed by atoms with Gasteiger partial charge in [-0.3, -0.25) is 10.1 Å². The van der Waals surface area contributed by atoms with Crippen molar-refractivity contribution in [3.8, 4) is 0 Å². The Morgan fingerprint density at radius 2 is 2.41 bits per heavy atom. The van der Waals surface area contributed by atoms with Gasteiger partial charge >= 0.3 is 0 Å². The van der Waals surface area contributed by atoms with Gasteiger partial charge in [0.25, 0.3) is 5.91 Å². The van der Waals surface area contributed by atoms with Gasteiger partial charge in [0.1, 0.15) is 5.56 Å². The molecule has 0 bridgehead atoms. The minimum absolute atomic E-state index is 0.196. The fourth-order valence-electron chi connectivity index (χ4n) is 2.26. The zero-order chi connectivity index (χ0) is 15.5. The number of fused-ring (bicyclic) bond motifs is 1. The molecular formula is C16H15N4OS+. The molecule has 0 saturated heterocycles. The molecule has 0 fully saturated rings. The van der Waals surface area contributed by atoms with Gasteiger partial charge in [0.2, 0.25) is 0 Å². The van der Waals surface area contributed by atoms with Crippen molar-refractivity contribution in [2.45, 2.75) is 13.5 Å². The number of nitrogens with two attached hydrogens (primary N) is 1. The van der Waals surface area contributed by atoms with Crippen molar-refractivity contribution in [1.29, 1.82) is 0 Å². The highest BCUT2D eigenvalue weighted by atomic mass is 32.1. The van der Waals surface area contributed by atoms with E-state index >= 15 is 0 Å². The summed E-state index contributed by atoms with van der Waals surface area (Å²) in [6.45, 7) is 2.51. The second kappa shape index (κ2) is 5.97. The number of benzene rings is 1. The molecule has 0 aliphatic carbocycles. The molecular weight excluding hydrogens is 296 g/mol. The van der Waals surface area contributed by atoms with Gasteiger partial charge in [-0.1, -0.05) is 6.08 Å². The Kier molecular flexibility index (Phi) is 3.87. The number of anilines is 2. The van der Waals surface area contributed by atoms with Crippen LogP contribution >= 0.6 is 11.3 Å². The smallest absolute Gasteiger partial charge is 0.257 e. The molecule has 1 aromatic heterocycles. The molecule has 0 spiro atoms. The summed E-state index contributed by atoms with van der Waals surface area (Å²) >= 11 is 1.32. The molecule has 1 amide bonds. The zero-order valence-electron chi connectivity index (χ0n) is 12.0. The first kappa shape index (κ1) is 14.3. The molecule has 3 rings (SSSR count). The van der Waals surface area contributed by atoms with Gasteiger partial charge in [0, 0.05) is 17.1 Å². The number of amides is 1. The number of aromatic nitrogens is 1. The number of carbonyl (C=O) groups is 1. The number of hydrogen-bond acceptors (Lipinski definition) is 5. The van der Waals surface area contributed by atoms with Gasteiger partial charge in [-0.15, -0.1) is 11.3 Å². The highest BCUT2D eigenvalue weighted by Gasteiger charge is 2.17. The number of nitrogens with zero attached hydrogens (tertiary/aromatic N) is 1. The maximum Gasteiger partial charge on any atom is 0.257 e. The second-order valence-corrected chi connectivity index (χ2v) is 5.67. The van der Waals surface area contributed by atoms with E-state index in [1.165, 1.54) is 11.3 Å². The number of nitrogen functional groups attached to an aromatic ring is 1. The lowest BCUT2D eigenvalue weighted by molar-refractivity contribution is -0.111.